The van der Waals surface area contributed by atoms with Crippen LogP contribution in [0.2, 0.25) is 0 Å². The van der Waals surface area contributed by atoms with Gasteiger partial charge in [0.05, 0.1) is 31.5 Å². The van der Waals surface area contributed by atoms with E-state index in [1.807, 2.05) is 41.5 Å². The predicted molar refractivity (Wildman–Crippen MR) is 154 cm³/mol. The van der Waals surface area contributed by atoms with E-state index < -0.39 is 48.3 Å². The van der Waals surface area contributed by atoms with E-state index in [1.165, 1.54) is 6.92 Å². The number of hydrogen-bond donors (Lipinski definition) is 8. The maximum atomic E-state index is 11.3. The lowest BCUT2D eigenvalue weighted by Gasteiger charge is -2.25. The first kappa shape index (κ1) is 45.7. The highest BCUT2D eigenvalue weighted by atomic mass is 16.4. The van der Waals surface area contributed by atoms with Gasteiger partial charge in [-0.25, -0.2) is 0 Å². The SMILES string of the molecule is CC(=O)CCC(=O)C(C)C.CC(C)C(O)CO.CC(C)CC(O)CO.CCC(O)C(O)C(O)C(O)C(=O)C(C)C. The van der Waals surface area contributed by atoms with Gasteiger partial charge in [0.1, 0.15) is 29.9 Å². The Hall–Kier alpha value is -1.31. The number of aliphatic hydroxyl groups excluding tert-OH is 8. The normalized spacial score (nSPS) is 15.4. The number of Topliss-reactive ketones (excluding diaryl/α,β-unsaturated/α-hetero) is 3. The van der Waals surface area contributed by atoms with Crippen molar-refractivity contribution in [1.29, 1.82) is 0 Å². The molecule has 0 aliphatic carbocycles. The fraction of sp³-hybridized carbons (Fsp3) is 0.897. The van der Waals surface area contributed by atoms with Gasteiger partial charge in [-0.1, -0.05) is 62.3 Å². The molecular weight excluding hydrogens is 524 g/mol. The second-order valence-electron chi connectivity index (χ2n) is 11.2. The lowest BCUT2D eigenvalue weighted by atomic mass is 9.94. The molecule has 6 unspecified atom stereocenters. The zero-order chi connectivity index (χ0) is 32.7. The number of carbonyl (C=O) groups is 3. The zero-order valence-electron chi connectivity index (χ0n) is 26.3. The van der Waals surface area contributed by atoms with Gasteiger partial charge in [-0.3, -0.25) is 9.59 Å². The molecule has 0 aliphatic rings. The largest absolute Gasteiger partial charge is 0.394 e. The number of rotatable bonds is 15. The van der Waals surface area contributed by atoms with Crippen LogP contribution in [0.3, 0.4) is 0 Å². The Morgan fingerprint density at radius 2 is 1.12 bits per heavy atom. The van der Waals surface area contributed by atoms with Crippen LogP contribution in [-0.2, 0) is 14.4 Å². The van der Waals surface area contributed by atoms with E-state index in [1.54, 1.807) is 20.8 Å². The Kier molecular flexibility index (Phi) is 30.3. The van der Waals surface area contributed by atoms with Crippen molar-refractivity contribution in [3.05, 3.63) is 0 Å². The van der Waals surface area contributed by atoms with Gasteiger partial charge in [0, 0.05) is 24.7 Å². The van der Waals surface area contributed by atoms with Crippen LogP contribution in [0.25, 0.3) is 0 Å². The molecule has 6 atom stereocenters. The Balaban J connectivity index is -0.000000227. The van der Waals surface area contributed by atoms with Gasteiger partial charge in [0.25, 0.3) is 0 Å². The second kappa shape index (κ2) is 26.6. The number of carbonyl (C=O) groups excluding carboxylic acids is 3. The van der Waals surface area contributed by atoms with E-state index in [4.69, 9.17) is 20.4 Å². The first-order valence-corrected chi connectivity index (χ1v) is 14.1. The smallest absolute Gasteiger partial charge is 0.166 e. The molecule has 0 rings (SSSR count). The second-order valence-corrected chi connectivity index (χ2v) is 11.2. The Labute approximate surface area is 241 Å². The third kappa shape index (κ3) is 26.9. The van der Waals surface area contributed by atoms with Gasteiger partial charge in [0.15, 0.2) is 5.78 Å². The van der Waals surface area contributed by atoms with E-state index in [9.17, 15) is 34.8 Å². The minimum atomic E-state index is -1.65. The highest BCUT2D eigenvalue weighted by Gasteiger charge is 2.34. The van der Waals surface area contributed by atoms with E-state index in [0.29, 0.717) is 25.2 Å². The predicted octanol–water partition coefficient (Wildman–Crippen LogP) is 1.03. The third-order valence-electron chi connectivity index (χ3n) is 5.62. The van der Waals surface area contributed by atoms with Crippen molar-refractivity contribution < 1.29 is 55.2 Å². The van der Waals surface area contributed by atoms with Crippen molar-refractivity contribution in [1.82, 2.24) is 0 Å². The van der Waals surface area contributed by atoms with Crippen LogP contribution >= 0.6 is 0 Å². The molecule has 0 spiro atoms. The molecule has 0 fully saturated rings. The average molecular weight is 585 g/mol. The van der Waals surface area contributed by atoms with Crippen LogP contribution in [0.1, 0.15) is 94.9 Å². The van der Waals surface area contributed by atoms with Crippen molar-refractivity contribution >= 4 is 17.3 Å². The zero-order valence-corrected chi connectivity index (χ0v) is 26.3. The standard InChI is InChI=1S/C10H20O5.C8H14O2.C6H14O2.C5H12O2/c1-4-6(11)8(13)10(15)9(14)7(12)5(2)3;1-6(2)8(10)5-4-7(3)9;1-5(2)3-6(8)4-7;1-4(2)5(7)3-6/h5-6,8-11,13-15H,4H2,1-3H3;6H,4-5H2,1-3H3;5-8H,3-4H2,1-2H3;4-7H,3H2,1-2H3. The molecule has 0 saturated heterocycles. The van der Waals surface area contributed by atoms with Crippen molar-refractivity contribution in [2.45, 2.75) is 132 Å². The first-order valence-electron chi connectivity index (χ1n) is 14.1. The molecule has 0 saturated carbocycles. The van der Waals surface area contributed by atoms with Gasteiger partial charge < -0.3 is 45.6 Å². The van der Waals surface area contributed by atoms with Gasteiger partial charge >= 0.3 is 0 Å². The summed E-state index contributed by atoms with van der Waals surface area (Å²) in [4.78, 5) is 32.6. The summed E-state index contributed by atoms with van der Waals surface area (Å²) in [5.41, 5.74) is 0. The number of hydrogen-bond acceptors (Lipinski definition) is 11. The molecule has 0 heterocycles. The Bertz CT molecular complexity index is 635. The maximum absolute atomic E-state index is 11.3. The van der Waals surface area contributed by atoms with Gasteiger partial charge in [-0.05, 0) is 31.6 Å². The van der Waals surface area contributed by atoms with Crippen LogP contribution in [0.4, 0.5) is 0 Å². The molecule has 0 aromatic rings. The van der Waals surface area contributed by atoms with E-state index in [0.717, 1.165) is 0 Å². The minimum Gasteiger partial charge on any atom is -0.394 e. The Morgan fingerprint density at radius 3 is 1.35 bits per heavy atom. The van der Waals surface area contributed by atoms with E-state index >= 15 is 0 Å². The summed E-state index contributed by atoms with van der Waals surface area (Å²) >= 11 is 0. The molecule has 0 bridgehead atoms. The summed E-state index contributed by atoms with van der Waals surface area (Å²) in [5, 5.41) is 71.5. The highest BCUT2D eigenvalue weighted by molar-refractivity contribution is 5.86. The number of aliphatic hydroxyl groups is 8. The minimum absolute atomic E-state index is 0.0688. The molecule has 8 N–H and O–H groups in total. The van der Waals surface area contributed by atoms with Crippen LogP contribution < -0.4 is 0 Å². The molecule has 0 aromatic heterocycles. The lowest BCUT2D eigenvalue weighted by molar-refractivity contribution is -0.147. The maximum Gasteiger partial charge on any atom is 0.166 e. The van der Waals surface area contributed by atoms with Crippen LogP contribution in [0.5, 0.6) is 0 Å². The average Bonchev–Trinajstić information content (AvgIpc) is 2.89. The van der Waals surface area contributed by atoms with Gasteiger partial charge in [-0.15, -0.1) is 0 Å². The van der Waals surface area contributed by atoms with Crippen molar-refractivity contribution in [2.75, 3.05) is 13.2 Å². The first-order chi connectivity index (χ1) is 18.2. The molecule has 0 radical (unpaired) electrons. The molecule has 11 nitrogen and oxygen atoms in total. The molecule has 0 aromatic carbocycles. The van der Waals surface area contributed by atoms with Crippen LogP contribution in [0, 0.1) is 23.7 Å². The molecule has 11 heteroatoms. The van der Waals surface area contributed by atoms with Crippen molar-refractivity contribution in [3.63, 3.8) is 0 Å². The van der Waals surface area contributed by atoms with Crippen molar-refractivity contribution in [3.8, 4) is 0 Å². The lowest BCUT2D eigenvalue weighted by Crippen LogP contribution is -2.48. The topological polar surface area (TPSA) is 213 Å². The van der Waals surface area contributed by atoms with Gasteiger partial charge in [0.2, 0.25) is 0 Å². The van der Waals surface area contributed by atoms with E-state index in [-0.39, 0.29) is 43.0 Å². The van der Waals surface area contributed by atoms with Crippen molar-refractivity contribution in [2.24, 2.45) is 23.7 Å². The summed E-state index contributed by atoms with van der Waals surface area (Å²) in [6.07, 6.45) is -5.27. The quantitative estimate of drug-likeness (QED) is 0.136. The Morgan fingerprint density at radius 1 is 0.650 bits per heavy atom. The molecule has 40 heavy (non-hydrogen) atoms. The summed E-state index contributed by atoms with van der Waals surface area (Å²) < 4.78 is 0. The van der Waals surface area contributed by atoms with Crippen LogP contribution in [-0.4, -0.2) is 108 Å². The summed E-state index contributed by atoms with van der Waals surface area (Å²) in [6, 6.07) is 0. The summed E-state index contributed by atoms with van der Waals surface area (Å²) in [6.45, 7) is 17.5. The summed E-state index contributed by atoms with van der Waals surface area (Å²) in [7, 11) is 0. The summed E-state index contributed by atoms with van der Waals surface area (Å²) in [5.74, 6) is -0.00354. The molecule has 0 aliphatic heterocycles. The highest BCUT2D eigenvalue weighted by Crippen LogP contribution is 2.11. The molecular formula is C29H60O11. The molecule has 242 valence electrons. The fourth-order valence-electron chi connectivity index (χ4n) is 2.58. The fourth-order valence-corrected chi connectivity index (χ4v) is 2.58. The van der Waals surface area contributed by atoms with Gasteiger partial charge in [-0.2, -0.15) is 0 Å². The van der Waals surface area contributed by atoms with Crippen LogP contribution in [0.15, 0.2) is 0 Å². The third-order valence-corrected chi connectivity index (χ3v) is 5.62. The number of ketones is 3. The monoisotopic (exact) mass is 584 g/mol. The van der Waals surface area contributed by atoms with E-state index in [2.05, 4.69) is 0 Å². The molecule has 0 amide bonds.